The summed E-state index contributed by atoms with van der Waals surface area (Å²) in [5.74, 6) is 0. The molecule has 0 heterocycles. The number of hydrogen-bond donors (Lipinski definition) is 3. The number of unbranched alkanes of at least 4 members (excludes halogenated alkanes) is 6. The molecule has 0 radical (unpaired) electrons. The van der Waals surface area contributed by atoms with Gasteiger partial charge in [0.2, 0.25) is 0 Å². The van der Waals surface area contributed by atoms with Crippen molar-refractivity contribution in [3.8, 4) is 0 Å². The van der Waals surface area contributed by atoms with Gasteiger partial charge >= 0.3 is 0 Å². The van der Waals surface area contributed by atoms with Gasteiger partial charge in [0.25, 0.3) is 0 Å². The predicted octanol–water partition coefficient (Wildman–Crippen LogP) is 5.37. The second-order valence-electron chi connectivity index (χ2n) is 5.78. The van der Waals surface area contributed by atoms with Crippen molar-refractivity contribution < 1.29 is 41.5 Å². The smallest absolute Gasteiger partial charge is 0.0431 e. The molecule has 3 N–H and O–H groups in total. The van der Waals surface area contributed by atoms with Crippen LogP contribution in [0.1, 0.15) is 84.1 Å². The van der Waals surface area contributed by atoms with Gasteiger partial charge in [0.1, 0.15) is 0 Å². The van der Waals surface area contributed by atoms with E-state index in [9.17, 15) is 0 Å². The Bertz CT molecular complexity index is 264. The van der Waals surface area contributed by atoms with E-state index in [0.29, 0.717) is 19.8 Å². The van der Waals surface area contributed by atoms with E-state index in [4.69, 9.17) is 15.3 Å². The van der Waals surface area contributed by atoms with Crippen molar-refractivity contribution in [1.29, 1.82) is 0 Å². The average Bonchev–Trinajstić information content (AvgIpc) is 2.65. The molecule has 0 fully saturated rings. The maximum atomic E-state index is 8.20. The molecule has 1 aromatic rings. The number of hydrogen-bond acceptors (Lipinski definition) is 3. The van der Waals surface area contributed by atoms with Gasteiger partial charge in [-0.05, 0) is 19.3 Å². The van der Waals surface area contributed by atoms with Crippen LogP contribution >= 0.6 is 0 Å². The molecule has 0 aliphatic heterocycles. The molecule has 0 atom stereocenters. The van der Waals surface area contributed by atoms with Gasteiger partial charge in [-0.25, -0.2) is 0 Å². The molecular weight excluding hydrogens is 403 g/mol. The molecule has 0 bridgehead atoms. The zero-order valence-electron chi connectivity index (χ0n) is 17.4. The molecule has 4 heteroatoms. The Morgan fingerprint density at radius 2 is 0.923 bits per heavy atom. The Hall–Kier alpha value is -0.147. The summed E-state index contributed by atoms with van der Waals surface area (Å²) in [5.41, 5.74) is 1.07. The van der Waals surface area contributed by atoms with Crippen molar-refractivity contribution in [3.05, 3.63) is 42.8 Å². The first kappa shape index (κ1) is 33.4. The van der Waals surface area contributed by atoms with E-state index in [1.165, 1.54) is 19.3 Å². The standard InChI is InChI=1S/C7H7.3C5H12O.Zr/c1-7-5-3-2-4-6-7;3*1-2-3-4-5-6;/h2-6H,1H2;3*6H,2-5H2,1H3;/q-1;;;;. The minimum Gasteiger partial charge on any atom is -0.396 e. The van der Waals surface area contributed by atoms with Crippen LogP contribution < -0.4 is 0 Å². The molecule has 0 spiro atoms. The fourth-order valence-corrected chi connectivity index (χ4v) is 1.56. The molecule has 0 saturated heterocycles. The Morgan fingerprint density at radius 3 is 1.04 bits per heavy atom. The molecule has 0 aliphatic rings. The number of benzene rings is 1. The molecule has 3 nitrogen and oxygen atoms in total. The molecule has 0 unspecified atom stereocenters. The van der Waals surface area contributed by atoms with Crippen molar-refractivity contribution >= 4 is 0 Å². The van der Waals surface area contributed by atoms with Gasteiger partial charge in [-0.1, -0.05) is 65.4 Å². The van der Waals surface area contributed by atoms with Crippen molar-refractivity contribution in [1.82, 2.24) is 0 Å². The summed E-state index contributed by atoms with van der Waals surface area (Å²) in [6.07, 6.45) is 9.98. The summed E-state index contributed by atoms with van der Waals surface area (Å²) in [4.78, 5) is 0. The fraction of sp³-hybridized carbons (Fsp3) is 0.682. The van der Waals surface area contributed by atoms with E-state index in [1.807, 2.05) is 30.3 Å². The van der Waals surface area contributed by atoms with Crippen molar-refractivity contribution in [3.63, 3.8) is 0 Å². The Labute approximate surface area is 182 Å². The van der Waals surface area contributed by atoms with E-state index in [-0.39, 0.29) is 26.2 Å². The van der Waals surface area contributed by atoms with E-state index in [1.54, 1.807) is 0 Å². The summed E-state index contributed by atoms with van der Waals surface area (Å²) < 4.78 is 0. The number of aliphatic hydroxyl groups excluding tert-OH is 3. The van der Waals surface area contributed by atoms with Gasteiger partial charge in [-0.2, -0.15) is 24.6 Å². The summed E-state index contributed by atoms with van der Waals surface area (Å²) in [7, 11) is 0. The van der Waals surface area contributed by atoms with Crippen LogP contribution in [0.4, 0.5) is 0 Å². The molecule has 0 aliphatic carbocycles. The van der Waals surface area contributed by atoms with Gasteiger partial charge in [0.15, 0.2) is 0 Å². The van der Waals surface area contributed by atoms with Crippen LogP contribution in [0.3, 0.4) is 0 Å². The van der Waals surface area contributed by atoms with Gasteiger partial charge < -0.3 is 15.3 Å². The van der Waals surface area contributed by atoms with E-state index in [2.05, 4.69) is 27.7 Å². The van der Waals surface area contributed by atoms with Crippen LogP contribution in [-0.4, -0.2) is 35.1 Å². The monoisotopic (exact) mass is 445 g/mol. The summed E-state index contributed by atoms with van der Waals surface area (Å²) >= 11 is 0. The van der Waals surface area contributed by atoms with Crippen LogP contribution in [-0.2, 0) is 26.2 Å². The first-order valence-corrected chi connectivity index (χ1v) is 9.83. The summed E-state index contributed by atoms with van der Waals surface area (Å²) in [6.45, 7) is 11.1. The Kier molecular flexibility index (Phi) is 46.1. The minimum atomic E-state index is 0. The third kappa shape index (κ3) is 43.9. The van der Waals surface area contributed by atoms with Gasteiger partial charge in [0, 0.05) is 46.0 Å². The topological polar surface area (TPSA) is 60.7 Å². The molecule has 154 valence electrons. The minimum absolute atomic E-state index is 0. The maximum Gasteiger partial charge on any atom is 0.0431 e. The summed E-state index contributed by atoms with van der Waals surface area (Å²) in [5, 5.41) is 24.6. The van der Waals surface area contributed by atoms with Crippen LogP contribution in [0.25, 0.3) is 0 Å². The second-order valence-corrected chi connectivity index (χ2v) is 5.78. The third-order valence-electron chi connectivity index (χ3n) is 3.13. The van der Waals surface area contributed by atoms with Gasteiger partial charge in [-0.15, -0.1) is 12.1 Å². The molecule has 0 amide bonds. The molecule has 1 aromatic carbocycles. The average molecular weight is 447 g/mol. The first-order valence-electron chi connectivity index (χ1n) is 9.83. The van der Waals surface area contributed by atoms with Crippen LogP contribution in [0.5, 0.6) is 0 Å². The van der Waals surface area contributed by atoms with Crippen LogP contribution in [0.2, 0.25) is 0 Å². The van der Waals surface area contributed by atoms with E-state index < -0.39 is 0 Å². The zero-order chi connectivity index (χ0) is 19.6. The number of aliphatic hydroxyl groups is 3. The van der Waals surface area contributed by atoms with Crippen molar-refractivity contribution in [2.45, 2.75) is 78.6 Å². The Morgan fingerprint density at radius 1 is 0.615 bits per heavy atom. The first-order chi connectivity index (χ1) is 12.1. The maximum absolute atomic E-state index is 8.20. The SMILES string of the molecule is CCCCCO.CCCCCO.CCCCCO.[CH2-]c1ccccc1.[Zr]. The summed E-state index contributed by atoms with van der Waals surface area (Å²) in [6, 6.07) is 9.87. The normalized spacial score (nSPS) is 8.54. The molecule has 0 aromatic heterocycles. The molecule has 1 rings (SSSR count). The Balaban J connectivity index is -0.000000123. The molecule has 0 saturated carbocycles. The van der Waals surface area contributed by atoms with Crippen LogP contribution in [0, 0.1) is 6.92 Å². The van der Waals surface area contributed by atoms with Crippen LogP contribution in [0.15, 0.2) is 30.3 Å². The zero-order valence-corrected chi connectivity index (χ0v) is 19.9. The second kappa shape index (κ2) is 35.9. The molecule has 26 heavy (non-hydrogen) atoms. The number of rotatable bonds is 9. The van der Waals surface area contributed by atoms with Crippen molar-refractivity contribution in [2.24, 2.45) is 0 Å². The van der Waals surface area contributed by atoms with Crippen molar-refractivity contribution in [2.75, 3.05) is 19.8 Å². The largest absolute Gasteiger partial charge is 0.396 e. The molecular formula is C22H43O3Zr-. The van der Waals surface area contributed by atoms with Gasteiger partial charge in [0.05, 0.1) is 0 Å². The van der Waals surface area contributed by atoms with E-state index >= 15 is 0 Å². The predicted molar refractivity (Wildman–Crippen MR) is 111 cm³/mol. The fourth-order valence-electron chi connectivity index (χ4n) is 1.56. The quantitative estimate of drug-likeness (QED) is 0.353. The third-order valence-corrected chi connectivity index (χ3v) is 3.13. The van der Waals surface area contributed by atoms with Gasteiger partial charge in [-0.3, -0.25) is 0 Å². The van der Waals surface area contributed by atoms with E-state index in [0.717, 1.165) is 44.1 Å².